The fourth-order valence-corrected chi connectivity index (χ4v) is 8.52. The first kappa shape index (κ1) is 36.9. The van der Waals surface area contributed by atoms with E-state index in [9.17, 15) is 32.7 Å². The summed E-state index contributed by atoms with van der Waals surface area (Å²) in [5, 5.41) is 18.1. The van der Waals surface area contributed by atoms with Crippen LogP contribution < -0.4 is 15.8 Å². The second-order valence-electron chi connectivity index (χ2n) is 14.3. The highest BCUT2D eigenvalue weighted by Gasteiger charge is 2.49. The minimum absolute atomic E-state index is 0.00348. The number of amides is 2. The van der Waals surface area contributed by atoms with Gasteiger partial charge in [-0.1, -0.05) is 24.6 Å². The Morgan fingerprint density at radius 1 is 1.09 bits per heavy atom. The lowest BCUT2D eigenvalue weighted by Crippen LogP contribution is -2.47. The molecule has 290 valence electrons. The molecule has 1 unspecified atom stereocenters. The van der Waals surface area contributed by atoms with Crippen LogP contribution in [0, 0.1) is 0 Å². The number of anilines is 2. The summed E-state index contributed by atoms with van der Waals surface area (Å²) < 4.78 is 53.5. The SMILES string of the molecule is CC1CC2(CCN(C(=O)c3ncnc(N4CCOCC4)c3O)CC2)c2c1n(CC(=O)Nc1ccc(C(F)(F)F)cc1Cl)c1nc(C3=CCOCC3)nn1c2=O. The summed E-state index contributed by atoms with van der Waals surface area (Å²) in [5.74, 6) is -0.823. The molecule has 0 bridgehead atoms. The van der Waals surface area contributed by atoms with Crippen LogP contribution in [0.5, 0.6) is 5.75 Å². The molecule has 2 saturated heterocycles. The number of hydrogen-bond acceptors (Lipinski definition) is 11. The van der Waals surface area contributed by atoms with Crippen LogP contribution in [-0.2, 0) is 32.4 Å². The van der Waals surface area contributed by atoms with Crippen molar-refractivity contribution in [3.8, 4) is 5.75 Å². The Morgan fingerprint density at radius 3 is 2.55 bits per heavy atom. The molecule has 55 heavy (non-hydrogen) atoms. The highest BCUT2D eigenvalue weighted by molar-refractivity contribution is 6.33. The molecule has 0 saturated carbocycles. The minimum Gasteiger partial charge on any atom is -0.503 e. The van der Waals surface area contributed by atoms with Gasteiger partial charge in [-0.15, -0.1) is 5.10 Å². The van der Waals surface area contributed by atoms with Gasteiger partial charge in [0.15, 0.2) is 23.1 Å². The molecule has 8 rings (SSSR count). The molecule has 1 atom stereocenters. The monoisotopic (exact) mass is 783 g/mol. The zero-order chi connectivity index (χ0) is 38.6. The molecule has 2 N–H and O–H groups in total. The van der Waals surface area contributed by atoms with E-state index in [-0.39, 0.29) is 64.9 Å². The molecule has 1 aromatic carbocycles. The van der Waals surface area contributed by atoms with Crippen molar-refractivity contribution in [1.82, 2.24) is 34.0 Å². The van der Waals surface area contributed by atoms with Gasteiger partial charge in [0.2, 0.25) is 11.7 Å². The van der Waals surface area contributed by atoms with E-state index in [1.54, 1.807) is 9.47 Å². The Balaban J connectivity index is 1.12. The topological polar surface area (TPSA) is 169 Å². The van der Waals surface area contributed by atoms with Gasteiger partial charge in [0, 0.05) is 42.9 Å². The van der Waals surface area contributed by atoms with Crippen LogP contribution >= 0.6 is 11.6 Å². The molecule has 2 fully saturated rings. The molecule has 0 radical (unpaired) electrons. The summed E-state index contributed by atoms with van der Waals surface area (Å²) >= 11 is 6.17. The number of morpholine rings is 1. The number of rotatable bonds is 6. The predicted molar refractivity (Wildman–Crippen MR) is 192 cm³/mol. The van der Waals surface area contributed by atoms with Crippen molar-refractivity contribution in [2.24, 2.45) is 0 Å². The quantitative estimate of drug-likeness (QED) is 0.290. The Morgan fingerprint density at radius 2 is 1.85 bits per heavy atom. The van der Waals surface area contributed by atoms with Crippen LogP contribution in [0.2, 0.25) is 5.02 Å². The number of fused-ring (bicyclic) bond motifs is 3. The van der Waals surface area contributed by atoms with E-state index in [4.69, 9.17) is 26.1 Å². The second-order valence-corrected chi connectivity index (χ2v) is 14.7. The molecule has 1 spiro atoms. The van der Waals surface area contributed by atoms with Crippen LogP contribution in [-0.4, -0.2) is 104 Å². The molecule has 15 nitrogen and oxygen atoms in total. The van der Waals surface area contributed by atoms with Crippen LogP contribution in [0.4, 0.5) is 24.7 Å². The molecular weight excluding hydrogens is 747 g/mol. The van der Waals surface area contributed by atoms with Crippen molar-refractivity contribution < 1.29 is 37.3 Å². The van der Waals surface area contributed by atoms with Crippen molar-refractivity contribution >= 4 is 46.3 Å². The number of piperidine rings is 1. The zero-order valence-electron chi connectivity index (χ0n) is 29.7. The number of alkyl halides is 3. The number of nitrogens with one attached hydrogen (secondary N) is 1. The Kier molecular flexibility index (Phi) is 9.53. The standard InChI is InChI=1S/C36H37ClF3N9O6/c1-20-17-35(6-8-47(9-7-35)33(53)27-29(51)31(42-19-41-27)46-10-14-55-15-11-46)26-28(20)48(18-25(50)43-24-3-2-22(16-23(24)37)36(38,39)40)34-44-30(45-49(34)32(26)52)21-4-12-54-13-5-21/h2-4,16,19-20,51H,5-15,17-18H2,1H3,(H,43,50). The zero-order valence-corrected chi connectivity index (χ0v) is 30.5. The average molecular weight is 784 g/mol. The first-order valence-corrected chi connectivity index (χ1v) is 18.4. The third kappa shape index (κ3) is 6.69. The summed E-state index contributed by atoms with van der Waals surface area (Å²) in [6, 6.07) is 2.68. The Bertz CT molecular complexity index is 2280. The normalized spacial score (nSPS) is 19.8. The first-order valence-electron chi connectivity index (χ1n) is 18.0. The first-order chi connectivity index (χ1) is 26.3. The van der Waals surface area contributed by atoms with Crippen molar-refractivity contribution in [3.05, 3.63) is 74.3 Å². The van der Waals surface area contributed by atoms with E-state index >= 15 is 0 Å². The van der Waals surface area contributed by atoms with Gasteiger partial charge in [-0.25, -0.2) is 9.97 Å². The smallest absolute Gasteiger partial charge is 0.416 e. The Labute approximate surface area is 316 Å². The lowest BCUT2D eigenvalue weighted by Gasteiger charge is -2.39. The van der Waals surface area contributed by atoms with E-state index in [1.165, 1.54) is 10.8 Å². The molecule has 2 amide bonds. The number of likely N-dealkylation sites (tertiary alicyclic amines) is 1. The number of hydrogen-bond donors (Lipinski definition) is 2. The lowest BCUT2D eigenvalue weighted by atomic mass is 9.73. The summed E-state index contributed by atoms with van der Waals surface area (Å²) in [7, 11) is 0. The van der Waals surface area contributed by atoms with E-state index < -0.39 is 29.0 Å². The number of carbonyl (C=O) groups excluding carboxylic acids is 2. The number of aromatic hydroxyl groups is 1. The highest BCUT2D eigenvalue weighted by atomic mass is 35.5. The maximum atomic E-state index is 14.5. The fraction of sp³-hybridized carbons (Fsp3) is 0.472. The van der Waals surface area contributed by atoms with Gasteiger partial charge in [-0.3, -0.25) is 14.4 Å². The molecule has 3 aromatic heterocycles. The van der Waals surface area contributed by atoms with Crippen molar-refractivity contribution in [2.45, 2.75) is 56.7 Å². The molecule has 6 heterocycles. The van der Waals surface area contributed by atoms with E-state index in [0.717, 1.165) is 23.8 Å². The number of benzene rings is 1. The molecule has 4 aromatic rings. The van der Waals surface area contributed by atoms with Gasteiger partial charge in [0.05, 0.1) is 42.7 Å². The maximum Gasteiger partial charge on any atom is 0.416 e. The number of aromatic nitrogens is 6. The maximum absolute atomic E-state index is 14.5. The van der Waals surface area contributed by atoms with Crippen LogP contribution in [0.25, 0.3) is 11.4 Å². The summed E-state index contributed by atoms with van der Waals surface area (Å²) in [6.45, 7) is 4.93. The van der Waals surface area contributed by atoms with Gasteiger partial charge in [-0.2, -0.15) is 22.7 Å². The molecule has 4 aliphatic rings. The molecule has 3 aliphatic heterocycles. The number of halogens is 4. The molecule has 19 heteroatoms. The number of carbonyl (C=O) groups is 2. The minimum atomic E-state index is -4.61. The second kappa shape index (κ2) is 14.2. The van der Waals surface area contributed by atoms with E-state index in [1.807, 2.05) is 17.9 Å². The molecular formula is C36H37ClF3N9O6. The van der Waals surface area contributed by atoms with Crippen LogP contribution in [0.1, 0.15) is 71.7 Å². The van der Waals surface area contributed by atoms with Crippen LogP contribution in [0.15, 0.2) is 35.4 Å². The van der Waals surface area contributed by atoms with Crippen molar-refractivity contribution in [1.29, 1.82) is 0 Å². The van der Waals surface area contributed by atoms with E-state index in [0.29, 0.717) is 82.3 Å². The van der Waals surface area contributed by atoms with Gasteiger partial charge >= 0.3 is 6.18 Å². The fourth-order valence-electron chi connectivity index (χ4n) is 8.29. The third-order valence-corrected chi connectivity index (χ3v) is 11.2. The largest absolute Gasteiger partial charge is 0.503 e. The number of nitrogens with zero attached hydrogens (tertiary/aromatic N) is 8. The highest BCUT2D eigenvalue weighted by Crippen LogP contribution is 2.50. The Hall–Kier alpha value is -5.07. The van der Waals surface area contributed by atoms with Gasteiger partial charge in [0.25, 0.3) is 11.5 Å². The van der Waals surface area contributed by atoms with Crippen LogP contribution in [0.3, 0.4) is 0 Å². The van der Waals surface area contributed by atoms with Crippen molar-refractivity contribution in [3.63, 3.8) is 0 Å². The average Bonchev–Trinajstić information content (AvgIpc) is 3.75. The summed E-state index contributed by atoms with van der Waals surface area (Å²) in [5.41, 5.74) is -0.223. The van der Waals surface area contributed by atoms with Crippen molar-refractivity contribution in [2.75, 3.05) is 62.8 Å². The number of ether oxygens (including phenoxy) is 2. The third-order valence-electron chi connectivity index (χ3n) is 10.9. The summed E-state index contributed by atoms with van der Waals surface area (Å²) in [4.78, 5) is 58.6. The van der Waals surface area contributed by atoms with Gasteiger partial charge in [-0.05, 0) is 55.4 Å². The van der Waals surface area contributed by atoms with Gasteiger partial charge < -0.3 is 34.3 Å². The lowest BCUT2D eigenvalue weighted by molar-refractivity contribution is -0.137. The predicted octanol–water partition coefficient (Wildman–Crippen LogP) is 4.02. The molecule has 1 aliphatic carbocycles. The van der Waals surface area contributed by atoms with E-state index in [2.05, 4.69) is 20.4 Å². The van der Waals surface area contributed by atoms with Gasteiger partial charge in [0.1, 0.15) is 12.9 Å². The summed E-state index contributed by atoms with van der Waals surface area (Å²) in [6.07, 6.45) is 0.394.